The highest BCUT2D eigenvalue weighted by Gasteiger charge is 2.48. The van der Waals surface area contributed by atoms with Gasteiger partial charge in [0, 0.05) is 21.9 Å². The van der Waals surface area contributed by atoms with Crippen molar-refractivity contribution in [2.45, 2.75) is 116 Å². The average Bonchev–Trinajstić information content (AvgIpc) is 2.95. The normalized spacial score (nSPS) is 12.8. The second kappa shape index (κ2) is 13.7. The number of benzene rings is 3. The first kappa shape index (κ1) is 35.8. The lowest BCUT2D eigenvalue weighted by atomic mass is 9.96. The van der Waals surface area contributed by atoms with Crippen LogP contribution < -0.4 is 9.47 Å². The molecule has 6 heteroatoms. The molecule has 0 aliphatic carbocycles. The summed E-state index contributed by atoms with van der Waals surface area (Å²) in [5.74, 6) is 2.92. The fraction of sp³-hybridized carbons (Fsp3) is 0.526. The number of fused-ring (bicyclic) bond motifs is 3. The van der Waals surface area contributed by atoms with Crippen molar-refractivity contribution >= 4 is 49.7 Å². The largest absolute Gasteiger partial charge is 0.543 e. The molecule has 0 radical (unpaired) electrons. The van der Waals surface area contributed by atoms with E-state index in [4.69, 9.17) is 18.3 Å². The molecule has 242 valence electrons. The molecule has 0 fully saturated rings. The van der Waals surface area contributed by atoms with Crippen LogP contribution >= 0.6 is 0 Å². The SMILES string of the molecule is C=C(O[Si](C(C)C)(C(C)C)C(C)C)c1ccc2c(OC)c(OC)c3ccc(C(=C)O[Si](C(C)C)(C(C)C)C(C)C)cc3c2c1. The first-order chi connectivity index (χ1) is 20.5. The topological polar surface area (TPSA) is 36.9 Å². The Kier molecular flexibility index (Phi) is 11.2. The van der Waals surface area contributed by atoms with Gasteiger partial charge in [0.2, 0.25) is 0 Å². The molecule has 0 spiro atoms. The van der Waals surface area contributed by atoms with Crippen molar-refractivity contribution in [3.05, 3.63) is 60.7 Å². The Morgan fingerprint density at radius 3 is 0.977 bits per heavy atom. The molecule has 3 aromatic carbocycles. The first-order valence-electron chi connectivity index (χ1n) is 16.4. The maximum atomic E-state index is 7.01. The highest BCUT2D eigenvalue weighted by Crippen LogP contribution is 2.48. The third-order valence-electron chi connectivity index (χ3n) is 10.1. The van der Waals surface area contributed by atoms with Gasteiger partial charge in [0.05, 0.1) is 14.2 Å². The van der Waals surface area contributed by atoms with E-state index in [0.717, 1.165) is 55.7 Å². The summed E-state index contributed by atoms with van der Waals surface area (Å²) in [6, 6.07) is 12.8. The molecule has 0 bridgehead atoms. The van der Waals surface area contributed by atoms with Gasteiger partial charge in [-0.2, -0.15) is 0 Å². The van der Waals surface area contributed by atoms with Gasteiger partial charge in [0.1, 0.15) is 11.5 Å². The Morgan fingerprint density at radius 1 is 0.477 bits per heavy atom. The number of hydrogen-bond acceptors (Lipinski definition) is 4. The molecule has 0 saturated carbocycles. The van der Waals surface area contributed by atoms with Crippen molar-refractivity contribution in [3.8, 4) is 11.5 Å². The second-order valence-corrected chi connectivity index (χ2v) is 25.0. The van der Waals surface area contributed by atoms with Crippen molar-refractivity contribution in [2.24, 2.45) is 0 Å². The van der Waals surface area contributed by atoms with Gasteiger partial charge in [-0.15, -0.1) is 0 Å². The number of rotatable bonds is 14. The standard InChI is InChI=1S/C38H58O4Si2/c1-23(2)43(24(3)4,25(5)6)41-29(13)31-17-19-33-35(21-31)36-22-32(18-20-34(36)38(40-16)37(33)39-15)30(14)42-44(26(7)8,27(9)10)28(11)12/h17-28H,13-14H2,1-12,15-16H3. The average molecular weight is 635 g/mol. The molecule has 0 saturated heterocycles. The minimum atomic E-state index is -2.17. The van der Waals surface area contributed by atoms with E-state index in [1.165, 1.54) is 0 Å². The smallest absolute Gasteiger partial charge is 0.258 e. The van der Waals surface area contributed by atoms with Gasteiger partial charge >= 0.3 is 0 Å². The molecule has 0 atom stereocenters. The van der Waals surface area contributed by atoms with Gasteiger partial charge in [-0.25, -0.2) is 0 Å². The minimum Gasteiger partial charge on any atom is -0.543 e. The summed E-state index contributed by atoms with van der Waals surface area (Å²) >= 11 is 0. The van der Waals surface area contributed by atoms with E-state index in [1.54, 1.807) is 14.2 Å². The van der Waals surface area contributed by atoms with Crippen molar-refractivity contribution in [3.63, 3.8) is 0 Å². The monoisotopic (exact) mass is 634 g/mol. The van der Waals surface area contributed by atoms with Gasteiger partial charge in [0.15, 0.2) is 11.5 Å². The van der Waals surface area contributed by atoms with Crippen molar-refractivity contribution in [2.75, 3.05) is 14.2 Å². The molecule has 4 nitrogen and oxygen atoms in total. The molecular weight excluding hydrogens is 577 g/mol. The van der Waals surface area contributed by atoms with Gasteiger partial charge in [-0.3, -0.25) is 0 Å². The predicted molar refractivity (Wildman–Crippen MR) is 197 cm³/mol. The fourth-order valence-corrected chi connectivity index (χ4v) is 18.7. The maximum Gasteiger partial charge on any atom is 0.258 e. The maximum absolute atomic E-state index is 7.01. The van der Waals surface area contributed by atoms with E-state index >= 15 is 0 Å². The van der Waals surface area contributed by atoms with Crippen LogP contribution in [0.4, 0.5) is 0 Å². The highest BCUT2D eigenvalue weighted by molar-refractivity contribution is 6.78. The van der Waals surface area contributed by atoms with E-state index in [2.05, 4.69) is 133 Å². The van der Waals surface area contributed by atoms with Crippen molar-refractivity contribution in [1.29, 1.82) is 0 Å². The lowest BCUT2D eigenvalue weighted by Crippen LogP contribution is -2.47. The van der Waals surface area contributed by atoms with E-state index < -0.39 is 16.6 Å². The van der Waals surface area contributed by atoms with E-state index in [-0.39, 0.29) is 0 Å². The van der Waals surface area contributed by atoms with Gasteiger partial charge in [0.25, 0.3) is 16.6 Å². The molecule has 44 heavy (non-hydrogen) atoms. The lowest BCUT2D eigenvalue weighted by Gasteiger charge is -2.42. The van der Waals surface area contributed by atoms with Crippen LogP contribution in [0.5, 0.6) is 11.5 Å². The zero-order chi connectivity index (χ0) is 33.3. The lowest BCUT2D eigenvalue weighted by molar-refractivity contribution is 0.362. The van der Waals surface area contributed by atoms with Crippen molar-refractivity contribution < 1.29 is 18.3 Å². The summed E-state index contributed by atoms with van der Waals surface area (Å²) < 4.78 is 25.9. The third-order valence-corrected chi connectivity index (χ3v) is 22.1. The van der Waals surface area contributed by atoms with Crippen LogP contribution in [-0.2, 0) is 8.85 Å². The Labute approximate surface area is 270 Å². The number of ether oxygens (including phenoxy) is 2. The summed E-state index contributed by atoms with van der Waals surface area (Å²) in [5, 5.41) is 4.07. The minimum absolute atomic E-state index is 0.455. The summed E-state index contributed by atoms with van der Waals surface area (Å²) in [6.07, 6.45) is 0. The Bertz CT molecular complexity index is 1340. The summed E-state index contributed by atoms with van der Waals surface area (Å²) in [7, 11) is -0.942. The Morgan fingerprint density at radius 2 is 0.750 bits per heavy atom. The van der Waals surface area contributed by atoms with Gasteiger partial charge < -0.3 is 18.3 Å². The number of methoxy groups -OCH3 is 2. The van der Waals surface area contributed by atoms with Gasteiger partial charge in [-0.05, 0) is 68.3 Å². The van der Waals surface area contributed by atoms with Crippen LogP contribution in [0.25, 0.3) is 33.1 Å². The van der Waals surface area contributed by atoms with Crippen LogP contribution in [0, 0.1) is 0 Å². The molecular formula is C38H58O4Si2. The van der Waals surface area contributed by atoms with Crippen LogP contribution in [0.15, 0.2) is 49.6 Å². The molecule has 3 aromatic rings. The molecule has 3 rings (SSSR count). The molecule has 0 heterocycles. The van der Waals surface area contributed by atoms with Gasteiger partial charge in [-0.1, -0.05) is 108 Å². The zero-order valence-electron chi connectivity index (χ0n) is 30.0. The zero-order valence-corrected chi connectivity index (χ0v) is 32.0. The quantitative estimate of drug-likeness (QED) is 0.100. The second-order valence-electron chi connectivity index (χ2n) is 14.3. The fourth-order valence-electron chi connectivity index (χ4n) is 8.18. The Balaban J connectivity index is 2.26. The molecule has 0 aliphatic heterocycles. The van der Waals surface area contributed by atoms with E-state index in [1.807, 2.05) is 0 Å². The predicted octanol–water partition coefficient (Wildman–Crippen LogP) is 12.3. The first-order valence-corrected chi connectivity index (χ1v) is 20.7. The summed E-state index contributed by atoms with van der Waals surface area (Å²) in [6.45, 7) is 36.6. The Hall–Kier alpha value is -2.71. The molecule has 0 N–H and O–H groups in total. The molecule has 0 amide bonds. The highest BCUT2D eigenvalue weighted by atomic mass is 28.4. The van der Waals surface area contributed by atoms with Crippen molar-refractivity contribution in [1.82, 2.24) is 0 Å². The van der Waals surface area contributed by atoms with Crippen LogP contribution in [-0.4, -0.2) is 30.9 Å². The summed E-state index contributed by atoms with van der Waals surface area (Å²) in [5.41, 5.74) is 4.70. The molecule has 0 aliphatic rings. The van der Waals surface area contributed by atoms with E-state index in [9.17, 15) is 0 Å². The molecule has 0 unspecified atom stereocenters. The number of hydrogen-bond donors (Lipinski definition) is 0. The van der Waals surface area contributed by atoms with E-state index in [0.29, 0.717) is 33.2 Å². The van der Waals surface area contributed by atoms with Crippen LogP contribution in [0.2, 0.25) is 33.2 Å². The molecule has 0 aromatic heterocycles. The van der Waals surface area contributed by atoms with Crippen LogP contribution in [0.3, 0.4) is 0 Å². The van der Waals surface area contributed by atoms with Crippen LogP contribution in [0.1, 0.15) is 94.2 Å². The summed E-state index contributed by atoms with van der Waals surface area (Å²) in [4.78, 5) is 0. The third kappa shape index (κ3) is 6.09.